The zero-order chi connectivity index (χ0) is 17.6. The molecule has 4 heteroatoms. The number of amides is 1. The Hall–Kier alpha value is -2.20. The highest BCUT2D eigenvalue weighted by Crippen LogP contribution is 2.23. The summed E-state index contributed by atoms with van der Waals surface area (Å²) in [5, 5.41) is 0. The van der Waals surface area contributed by atoms with Gasteiger partial charge >= 0.3 is 0 Å². The van der Waals surface area contributed by atoms with E-state index < -0.39 is 0 Å². The Kier molecular flexibility index (Phi) is 5.82. The minimum absolute atomic E-state index is 0.0784. The lowest BCUT2D eigenvalue weighted by molar-refractivity contribution is -0.00311. The standard InChI is InChI=1S/C21H26N2O2/c1-3-23(15-19-6-4-5-13-25-19)21(24)18-9-7-17(8-10-18)20-11-12-22-14-16(20)2/h7-12,14,19H,3-6,13,15H2,1-2H3/t19-/m0/s1. The Morgan fingerprint density at radius 3 is 2.68 bits per heavy atom. The minimum Gasteiger partial charge on any atom is -0.376 e. The second-order valence-corrected chi connectivity index (χ2v) is 6.60. The van der Waals surface area contributed by atoms with Gasteiger partial charge in [-0.1, -0.05) is 12.1 Å². The van der Waals surface area contributed by atoms with Gasteiger partial charge in [0.2, 0.25) is 0 Å². The zero-order valence-corrected chi connectivity index (χ0v) is 15.1. The number of ether oxygens (including phenoxy) is 1. The van der Waals surface area contributed by atoms with Crippen LogP contribution in [-0.2, 0) is 4.74 Å². The van der Waals surface area contributed by atoms with E-state index in [2.05, 4.69) is 4.98 Å². The van der Waals surface area contributed by atoms with Crippen LogP contribution in [0.25, 0.3) is 11.1 Å². The van der Waals surface area contributed by atoms with E-state index in [9.17, 15) is 4.79 Å². The molecule has 2 heterocycles. The molecule has 0 bridgehead atoms. The number of carbonyl (C=O) groups is 1. The Bertz CT molecular complexity index is 706. The summed E-state index contributed by atoms with van der Waals surface area (Å²) in [4.78, 5) is 18.8. The lowest BCUT2D eigenvalue weighted by Gasteiger charge is -2.29. The van der Waals surface area contributed by atoms with Gasteiger partial charge in [0.25, 0.3) is 5.91 Å². The van der Waals surface area contributed by atoms with Gasteiger partial charge in [-0.05, 0) is 68.0 Å². The largest absolute Gasteiger partial charge is 0.376 e. The molecule has 0 aliphatic carbocycles. The summed E-state index contributed by atoms with van der Waals surface area (Å²) in [6.07, 6.45) is 7.20. The number of hydrogen-bond acceptors (Lipinski definition) is 3. The van der Waals surface area contributed by atoms with Crippen LogP contribution >= 0.6 is 0 Å². The van der Waals surface area contributed by atoms with Crippen LogP contribution in [0.3, 0.4) is 0 Å². The zero-order valence-electron chi connectivity index (χ0n) is 15.1. The van der Waals surface area contributed by atoms with Crippen LogP contribution in [0.1, 0.15) is 42.1 Å². The van der Waals surface area contributed by atoms with Gasteiger partial charge in [-0.15, -0.1) is 0 Å². The van der Waals surface area contributed by atoms with Gasteiger partial charge in [0.1, 0.15) is 0 Å². The number of benzene rings is 1. The Morgan fingerprint density at radius 2 is 2.04 bits per heavy atom. The highest BCUT2D eigenvalue weighted by Gasteiger charge is 2.21. The van der Waals surface area contributed by atoms with Crippen LogP contribution in [0.4, 0.5) is 0 Å². The summed E-state index contributed by atoms with van der Waals surface area (Å²) < 4.78 is 5.79. The Labute approximate surface area is 149 Å². The molecule has 1 aromatic carbocycles. The molecule has 1 aliphatic rings. The fourth-order valence-corrected chi connectivity index (χ4v) is 3.33. The minimum atomic E-state index is 0.0784. The molecule has 132 valence electrons. The van der Waals surface area contributed by atoms with Crippen molar-refractivity contribution in [2.24, 2.45) is 0 Å². The van der Waals surface area contributed by atoms with Crippen molar-refractivity contribution in [2.45, 2.75) is 39.2 Å². The van der Waals surface area contributed by atoms with Gasteiger partial charge in [0.05, 0.1) is 6.10 Å². The van der Waals surface area contributed by atoms with E-state index >= 15 is 0 Å². The van der Waals surface area contributed by atoms with Gasteiger partial charge in [-0.2, -0.15) is 0 Å². The molecule has 1 fully saturated rings. The smallest absolute Gasteiger partial charge is 0.253 e. The van der Waals surface area contributed by atoms with Gasteiger partial charge in [-0.3, -0.25) is 9.78 Å². The summed E-state index contributed by atoms with van der Waals surface area (Å²) in [5.41, 5.74) is 4.12. The molecule has 0 unspecified atom stereocenters. The number of likely N-dealkylation sites (N-methyl/N-ethyl adjacent to an activating group) is 1. The maximum Gasteiger partial charge on any atom is 0.253 e. The molecule has 25 heavy (non-hydrogen) atoms. The van der Waals surface area contributed by atoms with Crippen molar-refractivity contribution in [3.63, 3.8) is 0 Å². The highest BCUT2D eigenvalue weighted by molar-refractivity contribution is 5.94. The van der Waals surface area contributed by atoms with E-state index in [1.807, 2.05) is 55.3 Å². The number of aryl methyl sites for hydroxylation is 1. The van der Waals surface area contributed by atoms with Gasteiger partial charge in [0.15, 0.2) is 0 Å². The number of nitrogens with zero attached hydrogens (tertiary/aromatic N) is 2. The van der Waals surface area contributed by atoms with Gasteiger partial charge in [0, 0.05) is 37.7 Å². The molecule has 2 aromatic rings. The second kappa shape index (κ2) is 8.26. The molecular formula is C21H26N2O2. The van der Waals surface area contributed by atoms with E-state index in [1.54, 1.807) is 6.20 Å². The van der Waals surface area contributed by atoms with Crippen LogP contribution < -0.4 is 0 Å². The third kappa shape index (κ3) is 4.26. The van der Waals surface area contributed by atoms with E-state index in [0.717, 1.165) is 41.7 Å². The lowest BCUT2D eigenvalue weighted by Crippen LogP contribution is -2.39. The number of aromatic nitrogens is 1. The predicted octanol–water partition coefficient (Wildman–Crippen LogP) is 4.09. The third-order valence-electron chi connectivity index (χ3n) is 4.83. The molecule has 0 radical (unpaired) electrons. The van der Waals surface area contributed by atoms with Crippen molar-refractivity contribution in [2.75, 3.05) is 19.7 Å². The van der Waals surface area contributed by atoms with Crippen LogP contribution in [0.15, 0.2) is 42.7 Å². The number of rotatable bonds is 5. The number of carbonyl (C=O) groups excluding carboxylic acids is 1. The Balaban J connectivity index is 1.71. The molecular weight excluding hydrogens is 312 g/mol. The van der Waals surface area contributed by atoms with Crippen LogP contribution in [0.2, 0.25) is 0 Å². The first-order valence-corrected chi connectivity index (χ1v) is 9.11. The molecule has 3 rings (SSSR count). The summed E-state index contributed by atoms with van der Waals surface area (Å²) in [6, 6.07) is 9.87. The third-order valence-corrected chi connectivity index (χ3v) is 4.83. The molecule has 0 N–H and O–H groups in total. The first-order valence-electron chi connectivity index (χ1n) is 9.11. The van der Waals surface area contributed by atoms with E-state index in [1.165, 1.54) is 6.42 Å². The van der Waals surface area contributed by atoms with E-state index in [-0.39, 0.29) is 12.0 Å². The average Bonchev–Trinajstić information content (AvgIpc) is 2.67. The molecule has 1 aliphatic heterocycles. The normalized spacial score (nSPS) is 17.3. The topological polar surface area (TPSA) is 42.4 Å². The molecule has 1 amide bonds. The van der Waals surface area contributed by atoms with Gasteiger partial charge in [-0.25, -0.2) is 0 Å². The fourth-order valence-electron chi connectivity index (χ4n) is 3.33. The first kappa shape index (κ1) is 17.6. The average molecular weight is 338 g/mol. The van der Waals surface area contributed by atoms with Crippen molar-refractivity contribution in [3.05, 3.63) is 53.9 Å². The van der Waals surface area contributed by atoms with Crippen molar-refractivity contribution in [1.29, 1.82) is 0 Å². The quantitative estimate of drug-likeness (QED) is 0.825. The lowest BCUT2D eigenvalue weighted by atomic mass is 10.0. The molecule has 1 saturated heterocycles. The molecule has 1 aromatic heterocycles. The van der Waals surface area contributed by atoms with Crippen molar-refractivity contribution in [1.82, 2.24) is 9.88 Å². The number of pyridine rings is 1. The van der Waals surface area contributed by atoms with Crippen molar-refractivity contribution >= 4 is 5.91 Å². The van der Waals surface area contributed by atoms with E-state index in [4.69, 9.17) is 4.74 Å². The second-order valence-electron chi connectivity index (χ2n) is 6.60. The summed E-state index contributed by atoms with van der Waals surface area (Å²) in [6.45, 7) is 6.26. The van der Waals surface area contributed by atoms with E-state index in [0.29, 0.717) is 13.1 Å². The maximum atomic E-state index is 12.8. The first-order chi connectivity index (χ1) is 12.2. The highest BCUT2D eigenvalue weighted by atomic mass is 16.5. The summed E-state index contributed by atoms with van der Waals surface area (Å²) in [7, 11) is 0. The van der Waals surface area contributed by atoms with Crippen molar-refractivity contribution < 1.29 is 9.53 Å². The molecule has 0 spiro atoms. The van der Waals surface area contributed by atoms with Crippen LogP contribution in [0.5, 0.6) is 0 Å². The van der Waals surface area contributed by atoms with Gasteiger partial charge < -0.3 is 9.64 Å². The van der Waals surface area contributed by atoms with Crippen LogP contribution in [0, 0.1) is 6.92 Å². The monoisotopic (exact) mass is 338 g/mol. The number of hydrogen-bond donors (Lipinski definition) is 0. The molecule has 1 atom stereocenters. The SMILES string of the molecule is CCN(C[C@@H]1CCCCO1)C(=O)c1ccc(-c2ccncc2C)cc1. The maximum absolute atomic E-state index is 12.8. The summed E-state index contributed by atoms with van der Waals surface area (Å²) in [5.74, 6) is 0.0784. The molecule has 0 saturated carbocycles. The predicted molar refractivity (Wildman–Crippen MR) is 99.6 cm³/mol. The summed E-state index contributed by atoms with van der Waals surface area (Å²) >= 11 is 0. The van der Waals surface area contributed by atoms with Crippen molar-refractivity contribution in [3.8, 4) is 11.1 Å². The van der Waals surface area contributed by atoms with Crippen LogP contribution in [-0.4, -0.2) is 41.6 Å². The fraction of sp³-hybridized carbons (Fsp3) is 0.429. The molecule has 4 nitrogen and oxygen atoms in total. The Morgan fingerprint density at radius 1 is 1.24 bits per heavy atom.